The zero-order chi connectivity index (χ0) is 10.2. The average molecular weight is 194 g/mol. The highest BCUT2D eigenvalue weighted by atomic mass is 14.9. The van der Waals surface area contributed by atoms with E-state index in [4.69, 9.17) is 0 Å². The second kappa shape index (κ2) is 6.78. The monoisotopic (exact) mass is 194 g/mol. The van der Waals surface area contributed by atoms with E-state index in [1.807, 2.05) is 0 Å². The number of hydrogen-bond donors (Lipinski definition) is 0. The van der Waals surface area contributed by atoms with Crippen LogP contribution in [0.2, 0.25) is 0 Å². The van der Waals surface area contributed by atoms with Gasteiger partial charge in [0, 0.05) is 0 Å². The van der Waals surface area contributed by atoms with Crippen LogP contribution in [0, 0.1) is 0 Å². The molecule has 80 valence electrons. The molecular weight excluding hydrogens is 172 g/mol. The number of hydrogen-bond acceptors (Lipinski definition) is 2. The van der Waals surface area contributed by atoms with Crippen LogP contribution in [0.3, 0.4) is 0 Å². The summed E-state index contributed by atoms with van der Waals surface area (Å²) < 4.78 is 0. The summed E-state index contributed by atoms with van der Waals surface area (Å²) in [7, 11) is 0. The Morgan fingerprint density at radius 1 is 1.14 bits per heavy atom. The molecular formula is C12H22N2. The van der Waals surface area contributed by atoms with E-state index in [1.165, 1.54) is 32.1 Å². The zero-order valence-corrected chi connectivity index (χ0v) is 9.50. The van der Waals surface area contributed by atoms with Gasteiger partial charge in [0.15, 0.2) is 0 Å². The van der Waals surface area contributed by atoms with Crippen molar-refractivity contribution in [3.05, 3.63) is 0 Å². The molecule has 0 atom stereocenters. The summed E-state index contributed by atoms with van der Waals surface area (Å²) in [5.74, 6) is 0. The van der Waals surface area contributed by atoms with E-state index in [-0.39, 0.29) is 0 Å². The minimum Gasteiger partial charge on any atom is -0.222 e. The Balaban J connectivity index is 2.35. The molecule has 0 aromatic rings. The lowest BCUT2D eigenvalue weighted by atomic mass is 9.96. The first-order chi connectivity index (χ1) is 6.86. The van der Waals surface area contributed by atoms with E-state index < -0.39 is 0 Å². The van der Waals surface area contributed by atoms with Crippen LogP contribution in [-0.4, -0.2) is 18.1 Å². The van der Waals surface area contributed by atoms with Crippen molar-refractivity contribution >= 4 is 6.01 Å². The second-order valence-corrected chi connectivity index (χ2v) is 4.12. The molecule has 1 saturated carbocycles. The van der Waals surface area contributed by atoms with Gasteiger partial charge in [-0.3, -0.25) is 0 Å². The van der Waals surface area contributed by atoms with Crippen molar-refractivity contribution in [1.29, 1.82) is 0 Å². The van der Waals surface area contributed by atoms with Crippen LogP contribution >= 0.6 is 0 Å². The molecule has 0 N–H and O–H groups in total. The molecule has 1 rings (SSSR count). The summed E-state index contributed by atoms with van der Waals surface area (Å²) >= 11 is 0. The molecule has 1 fully saturated rings. The van der Waals surface area contributed by atoms with E-state index in [0.717, 1.165) is 12.8 Å². The van der Waals surface area contributed by atoms with Gasteiger partial charge in [-0.05, 0) is 25.7 Å². The fraction of sp³-hybridized carbons (Fsp3) is 0.917. The van der Waals surface area contributed by atoms with Crippen LogP contribution < -0.4 is 0 Å². The fourth-order valence-corrected chi connectivity index (χ4v) is 1.88. The van der Waals surface area contributed by atoms with Gasteiger partial charge < -0.3 is 0 Å². The third-order valence-corrected chi connectivity index (χ3v) is 3.00. The minimum atomic E-state index is 0.433. The van der Waals surface area contributed by atoms with Gasteiger partial charge in [-0.25, -0.2) is 9.98 Å². The Morgan fingerprint density at radius 2 is 1.79 bits per heavy atom. The van der Waals surface area contributed by atoms with Crippen LogP contribution in [0.25, 0.3) is 0 Å². The molecule has 0 saturated heterocycles. The molecule has 0 aliphatic heterocycles. The summed E-state index contributed by atoms with van der Waals surface area (Å²) in [4.78, 5) is 8.74. The highest BCUT2D eigenvalue weighted by Gasteiger charge is 2.10. The van der Waals surface area contributed by atoms with Gasteiger partial charge in [-0.2, -0.15) is 0 Å². The van der Waals surface area contributed by atoms with Crippen molar-refractivity contribution < 1.29 is 0 Å². The Kier molecular flexibility index (Phi) is 5.55. The van der Waals surface area contributed by atoms with Gasteiger partial charge in [-0.15, -0.1) is 0 Å². The van der Waals surface area contributed by atoms with Gasteiger partial charge >= 0.3 is 0 Å². The van der Waals surface area contributed by atoms with Crippen LogP contribution in [-0.2, 0) is 0 Å². The first kappa shape index (κ1) is 11.5. The third-order valence-electron chi connectivity index (χ3n) is 3.00. The van der Waals surface area contributed by atoms with Gasteiger partial charge in [0.25, 0.3) is 0 Å². The van der Waals surface area contributed by atoms with Crippen molar-refractivity contribution in [1.82, 2.24) is 0 Å². The summed E-state index contributed by atoms with van der Waals surface area (Å²) in [6.07, 6.45) is 8.74. The van der Waals surface area contributed by atoms with Crippen LogP contribution in [0.15, 0.2) is 9.98 Å². The maximum absolute atomic E-state index is 4.40. The summed E-state index contributed by atoms with van der Waals surface area (Å²) in [5.41, 5.74) is 0. The smallest absolute Gasteiger partial charge is 0.0898 e. The molecule has 2 nitrogen and oxygen atoms in total. The van der Waals surface area contributed by atoms with Crippen molar-refractivity contribution in [3.63, 3.8) is 0 Å². The topological polar surface area (TPSA) is 24.7 Å². The zero-order valence-electron chi connectivity index (χ0n) is 9.50. The molecule has 0 aromatic heterocycles. The molecule has 1 aliphatic rings. The lowest BCUT2D eigenvalue weighted by Gasteiger charge is -2.15. The normalized spacial score (nSPS) is 17.9. The molecule has 0 unspecified atom stereocenters. The molecule has 0 bridgehead atoms. The lowest BCUT2D eigenvalue weighted by Crippen LogP contribution is -2.09. The quantitative estimate of drug-likeness (QED) is 0.610. The summed E-state index contributed by atoms with van der Waals surface area (Å²) in [6, 6.07) is 3.86. The largest absolute Gasteiger partial charge is 0.222 e. The van der Waals surface area contributed by atoms with Gasteiger partial charge in [-0.1, -0.05) is 33.1 Å². The molecule has 0 heterocycles. The molecule has 0 spiro atoms. The fourth-order valence-electron chi connectivity index (χ4n) is 1.88. The van der Waals surface area contributed by atoms with E-state index >= 15 is 0 Å². The van der Waals surface area contributed by atoms with Crippen LogP contribution in [0.5, 0.6) is 0 Å². The molecule has 0 aromatic carbocycles. The van der Waals surface area contributed by atoms with E-state index in [2.05, 4.69) is 29.8 Å². The molecule has 0 radical (unpaired) electrons. The lowest BCUT2D eigenvalue weighted by molar-refractivity contribution is 0.444. The minimum absolute atomic E-state index is 0.433. The van der Waals surface area contributed by atoms with Crippen molar-refractivity contribution in [2.45, 2.75) is 70.9 Å². The predicted molar refractivity (Wildman–Crippen MR) is 61.1 cm³/mol. The van der Waals surface area contributed by atoms with Crippen molar-refractivity contribution in [2.24, 2.45) is 9.98 Å². The van der Waals surface area contributed by atoms with Crippen LogP contribution in [0.4, 0.5) is 0 Å². The van der Waals surface area contributed by atoms with Gasteiger partial charge in [0.1, 0.15) is 0 Å². The Morgan fingerprint density at radius 3 is 2.36 bits per heavy atom. The Bertz CT molecular complexity index is 194. The van der Waals surface area contributed by atoms with Crippen molar-refractivity contribution in [2.75, 3.05) is 0 Å². The maximum atomic E-state index is 4.40. The Labute approximate surface area is 87.5 Å². The molecule has 0 amide bonds. The van der Waals surface area contributed by atoms with Gasteiger partial charge in [0.2, 0.25) is 0 Å². The number of nitrogens with zero attached hydrogens (tertiary/aromatic N) is 2. The summed E-state index contributed by atoms with van der Waals surface area (Å²) in [5, 5.41) is 0. The molecule has 14 heavy (non-hydrogen) atoms. The highest BCUT2D eigenvalue weighted by molar-refractivity contribution is 5.42. The third kappa shape index (κ3) is 4.06. The van der Waals surface area contributed by atoms with Gasteiger partial charge in [0.05, 0.1) is 18.1 Å². The first-order valence-corrected chi connectivity index (χ1v) is 6.01. The van der Waals surface area contributed by atoms with E-state index in [1.54, 1.807) is 0 Å². The predicted octanol–water partition coefficient (Wildman–Crippen LogP) is 3.68. The first-order valence-electron chi connectivity index (χ1n) is 6.01. The molecule has 1 aliphatic carbocycles. The average Bonchev–Trinajstić information content (AvgIpc) is 2.26. The van der Waals surface area contributed by atoms with E-state index in [0.29, 0.717) is 12.1 Å². The van der Waals surface area contributed by atoms with Crippen molar-refractivity contribution in [3.8, 4) is 0 Å². The Hall–Kier alpha value is -0.620. The van der Waals surface area contributed by atoms with E-state index in [9.17, 15) is 0 Å². The maximum Gasteiger partial charge on any atom is 0.0898 e. The molecule has 2 heteroatoms. The number of rotatable bonds is 4. The van der Waals surface area contributed by atoms with Crippen LogP contribution in [0.1, 0.15) is 58.8 Å². The summed E-state index contributed by atoms with van der Waals surface area (Å²) in [6.45, 7) is 4.33. The highest BCUT2D eigenvalue weighted by Crippen LogP contribution is 2.19. The number of aliphatic imine (C=N–C) groups is 2. The standard InChI is InChI=1S/C12H22N2/c1-3-11(4-2)13-10-14-12-8-6-5-7-9-12/h11-12H,3-9H2,1-2H3. The second-order valence-electron chi connectivity index (χ2n) is 4.12. The SMILES string of the molecule is CCC(CC)N=C=NC1CCCCC1.